The van der Waals surface area contributed by atoms with E-state index in [4.69, 9.17) is 15.9 Å². The summed E-state index contributed by atoms with van der Waals surface area (Å²) in [5, 5.41) is 6.71. The second-order valence-corrected chi connectivity index (χ2v) is 2.79. The van der Waals surface area contributed by atoms with Gasteiger partial charge in [-0.3, -0.25) is 5.41 Å². The van der Waals surface area contributed by atoms with Crippen molar-refractivity contribution in [1.29, 1.82) is 5.41 Å². The Bertz CT molecular complexity index is 108. The molecule has 1 aliphatic carbocycles. The van der Waals surface area contributed by atoms with E-state index >= 15 is 0 Å². The van der Waals surface area contributed by atoms with Gasteiger partial charge in [0.2, 0.25) is 0 Å². The molecule has 3 nitrogen and oxygen atoms in total. The van der Waals surface area contributed by atoms with Gasteiger partial charge in [-0.2, -0.15) is 0 Å². The predicted octanol–water partition coefficient (Wildman–Crippen LogP) is 0.880. The van der Waals surface area contributed by atoms with Crippen LogP contribution in [0.5, 0.6) is 0 Å². The van der Waals surface area contributed by atoms with Crippen molar-refractivity contribution in [3.8, 4) is 0 Å². The van der Waals surface area contributed by atoms with Crippen molar-refractivity contribution in [2.24, 2.45) is 5.73 Å². The third-order valence-electron chi connectivity index (χ3n) is 1.98. The Morgan fingerprint density at radius 2 is 1.90 bits per heavy atom. The van der Waals surface area contributed by atoms with Gasteiger partial charge in [-0.1, -0.05) is 0 Å². The van der Waals surface area contributed by atoms with Crippen molar-refractivity contribution in [3.05, 3.63) is 0 Å². The number of rotatable bonds is 2. The summed E-state index contributed by atoms with van der Waals surface area (Å²) < 4.78 is 5.02. The highest BCUT2D eigenvalue weighted by Crippen LogP contribution is 2.18. The minimum Gasteiger partial charge on any atom is -0.481 e. The lowest BCUT2D eigenvalue weighted by Gasteiger charge is -2.24. The van der Waals surface area contributed by atoms with Crippen molar-refractivity contribution in [2.75, 3.05) is 0 Å². The Labute approximate surface area is 61.1 Å². The molecule has 0 bridgehead atoms. The van der Waals surface area contributed by atoms with Crippen LogP contribution in [0.15, 0.2) is 0 Å². The summed E-state index contributed by atoms with van der Waals surface area (Å²) in [6.45, 7) is 0. The van der Waals surface area contributed by atoms with Gasteiger partial charge >= 0.3 is 0 Å². The van der Waals surface area contributed by atoms with Crippen molar-refractivity contribution in [3.63, 3.8) is 0 Å². The zero-order valence-electron chi connectivity index (χ0n) is 6.05. The number of ether oxygens (including phenoxy) is 1. The second kappa shape index (κ2) is 3.56. The number of nitrogens with two attached hydrogens (primary N) is 1. The first kappa shape index (κ1) is 7.54. The third-order valence-corrected chi connectivity index (χ3v) is 1.98. The van der Waals surface area contributed by atoms with Crippen LogP contribution in [-0.2, 0) is 4.74 Å². The van der Waals surface area contributed by atoms with Crippen molar-refractivity contribution < 1.29 is 4.74 Å². The number of nitrogens with one attached hydrogen (secondary N) is 1. The molecule has 10 heavy (non-hydrogen) atoms. The molecule has 0 atom stereocenters. The zero-order chi connectivity index (χ0) is 7.40. The van der Waals surface area contributed by atoms with Crippen molar-refractivity contribution in [1.82, 2.24) is 0 Å². The highest BCUT2D eigenvalue weighted by atomic mass is 16.5. The van der Waals surface area contributed by atoms with E-state index in [0.29, 0.717) is 6.04 Å². The van der Waals surface area contributed by atoms with E-state index in [2.05, 4.69) is 0 Å². The maximum Gasteiger partial charge on any atom is 0.167 e. The molecule has 0 unspecified atom stereocenters. The fourth-order valence-corrected chi connectivity index (χ4v) is 1.32. The summed E-state index contributed by atoms with van der Waals surface area (Å²) in [5.41, 5.74) is 5.68. The molecule has 0 saturated heterocycles. The van der Waals surface area contributed by atoms with E-state index in [9.17, 15) is 0 Å². The Hall–Kier alpha value is -0.570. The van der Waals surface area contributed by atoms with E-state index in [1.165, 1.54) is 0 Å². The molecule has 1 aliphatic rings. The van der Waals surface area contributed by atoms with E-state index in [1.54, 1.807) is 0 Å². The van der Waals surface area contributed by atoms with Crippen molar-refractivity contribution >= 4 is 6.40 Å². The van der Waals surface area contributed by atoms with Crippen LogP contribution in [0.25, 0.3) is 0 Å². The largest absolute Gasteiger partial charge is 0.481 e. The SMILES string of the molecule is N=COC1CCC(N)CC1. The molecule has 0 aliphatic heterocycles. The predicted molar refractivity (Wildman–Crippen MR) is 40.1 cm³/mol. The lowest BCUT2D eigenvalue weighted by molar-refractivity contribution is 0.143. The molecular formula is C7H14N2O. The Kier molecular flexibility index (Phi) is 2.68. The topological polar surface area (TPSA) is 59.1 Å². The van der Waals surface area contributed by atoms with Crippen LogP contribution in [0.2, 0.25) is 0 Å². The zero-order valence-corrected chi connectivity index (χ0v) is 6.05. The van der Waals surface area contributed by atoms with E-state index in [0.717, 1.165) is 32.1 Å². The van der Waals surface area contributed by atoms with Crippen LogP contribution in [0.4, 0.5) is 0 Å². The van der Waals surface area contributed by atoms with Gasteiger partial charge in [-0.15, -0.1) is 0 Å². The molecule has 58 valence electrons. The molecular weight excluding hydrogens is 128 g/mol. The molecule has 0 aromatic rings. The third kappa shape index (κ3) is 1.99. The average molecular weight is 142 g/mol. The molecule has 0 radical (unpaired) electrons. The van der Waals surface area contributed by atoms with Crippen LogP contribution < -0.4 is 5.73 Å². The van der Waals surface area contributed by atoms with Gasteiger partial charge in [-0.25, -0.2) is 0 Å². The van der Waals surface area contributed by atoms with E-state index in [1.807, 2.05) is 0 Å². The Balaban J connectivity index is 2.19. The molecule has 0 heterocycles. The van der Waals surface area contributed by atoms with Crippen LogP contribution >= 0.6 is 0 Å². The van der Waals surface area contributed by atoms with Gasteiger partial charge in [0.1, 0.15) is 0 Å². The summed E-state index contributed by atoms with van der Waals surface area (Å²) >= 11 is 0. The molecule has 0 aromatic carbocycles. The summed E-state index contributed by atoms with van der Waals surface area (Å²) in [6.07, 6.45) is 5.39. The fraction of sp³-hybridized carbons (Fsp3) is 0.857. The maximum absolute atomic E-state index is 6.71. The quantitative estimate of drug-likeness (QED) is 0.444. The summed E-state index contributed by atoms with van der Waals surface area (Å²) in [6, 6.07) is 0.366. The number of hydrogen-bond acceptors (Lipinski definition) is 3. The molecule has 3 N–H and O–H groups in total. The first-order valence-electron chi connectivity index (χ1n) is 3.73. The first-order valence-corrected chi connectivity index (χ1v) is 3.73. The lowest BCUT2D eigenvalue weighted by atomic mass is 9.94. The van der Waals surface area contributed by atoms with Crippen molar-refractivity contribution in [2.45, 2.75) is 37.8 Å². The van der Waals surface area contributed by atoms with Gasteiger partial charge in [-0.05, 0) is 25.7 Å². The van der Waals surface area contributed by atoms with Gasteiger partial charge in [0.05, 0.1) is 6.10 Å². The van der Waals surface area contributed by atoms with Gasteiger partial charge in [0.15, 0.2) is 6.40 Å². The molecule has 0 aromatic heterocycles. The molecule has 3 heteroatoms. The molecule has 0 amide bonds. The maximum atomic E-state index is 6.71. The van der Waals surface area contributed by atoms with Gasteiger partial charge < -0.3 is 10.5 Å². The van der Waals surface area contributed by atoms with E-state index < -0.39 is 0 Å². The summed E-state index contributed by atoms with van der Waals surface area (Å²) in [4.78, 5) is 0. The van der Waals surface area contributed by atoms with E-state index in [-0.39, 0.29) is 6.10 Å². The smallest absolute Gasteiger partial charge is 0.167 e. The average Bonchev–Trinajstić information content (AvgIpc) is 1.95. The summed E-state index contributed by atoms with van der Waals surface area (Å²) in [7, 11) is 0. The highest BCUT2D eigenvalue weighted by Gasteiger charge is 2.18. The number of hydrogen-bond donors (Lipinski definition) is 2. The van der Waals surface area contributed by atoms with Gasteiger partial charge in [0, 0.05) is 6.04 Å². The molecule has 1 fully saturated rings. The molecule has 0 spiro atoms. The molecule has 1 rings (SSSR count). The standard InChI is InChI=1S/C7H14N2O/c8-5-10-7-3-1-6(9)2-4-7/h5-8H,1-4,9H2. The normalized spacial score (nSPS) is 33.3. The second-order valence-electron chi connectivity index (χ2n) is 2.79. The van der Waals surface area contributed by atoms with Gasteiger partial charge in [0.25, 0.3) is 0 Å². The van der Waals surface area contributed by atoms with Crippen LogP contribution in [0.1, 0.15) is 25.7 Å². The monoisotopic (exact) mass is 142 g/mol. The Morgan fingerprint density at radius 1 is 1.30 bits per heavy atom. The van der Waals surface area contributed by atoms with Crippen LogP contribution in [0.3, 0.4) is 0 Å². The molecule has 1 saturated carbocycles. The minimum atomic E-state index is 0.261. The first-order chi connectivity index (χ1) is 4.83. The van der Waals surface area contributed by atoms with Crippen LogP contribution in [-0.4, -0.2) is 18.5 Å². The minimum absolute atomic E-state index is 0.261. The lowest BCUT2D eigenvalue weighted by Crippen LogP contribution is -2.29. The fourth-order valence-electron chi connectivity index (χ4n) is 1.32. The highest BCUT2D eigenvalue weighted by molar-refractivity contribution is 5.41. The summed E-state index contributed by atoms with van der Waals surface area (Å²) in [5.74, 6) is 0. The Morgan fingerprint density at radius 3 is 2.40 bits per heavy atom. The van der Waals surface area contributed by atoms with Crippen LogP contribution in [0, 0.1) is 5.41 Å².